The molecule has 1 atom stereocenters. The van der Waals surface area contributed by atoms with Gasteiger partial charge < -0.3 is 16.2 Å². The minimum absolute atomic E-state index is 0.254. The summed E-state index contributed by atoms with van der Waals surface area (Å²) in [5, 5.41) is 0. The zero-order valence-electron chi connectivity index (χ0n) is 9.11. The Labute approximate surface area is 94.6 Å². The van der Waals surface area contributed by atoms with Crippen molar-refractivity contribution in [2.75, 3.05) is 13.2 Å². The number of ether oxygens (including phenoxy) is 1. The highest BCUT2D eigenvalue weighted by Crippen LogP contribution is 2.33. The summed E-state index contributed by atoms with van der Waals surface area (Å²) >= 11 is 0. The van der Waals surface area contributed by atoms with Crippen LogP contribution >= 0.6 is 0 Å². The van der Waals surface area contributed by atoms with Gasteiger partial charge in [-0.25, -0.2) is 0 Å². The van der Waals surface area contributed by atoms with Crippen LogP contribution in [0.25, 0.3) is 0 Å². The van der Waals surface area contributed by atoms with E-state index in [9.17, 15) is 4.79 Å². The molecule has 0 aromatic heterocycles. The Morgan fingerprint density at radius 2 is 2.31 bits per heavy atom. The fourth-order valence-corrected chi connectivity index (χ4v) is 2.06. The molecule has 0 aliphatic carbocycles. The molecule has 2 rings (SSSR count). The highest BCUT2D eigenvalue weighted by Gasteiger charge is 2.20. The molecule has 16 heavy (non-hydrogen) atoms. The number of nitrogens with two attached hydrogens (primary N) is 2. The molecule has 4 N–H and O–H groups in total. The van der Waals surface area contributed by atoms with E-state index in [4.69, 9.17) is 16.2 Å². The molecule has 86 valence electrons. The zero-order chi connectivity index (χ0) is 11.5. The maximum absolute atomic E-state index is 10.8. The number of carbonyl (C=O) groups is 1. The quantitative estimate of drug-likeness (QED) is 0.780. The van der Waals surface area contributed by atoms with Crippen LogP contribution < -0.4 is 16.2 Å². The first-order valence-corrected chi connectivity index (χ1v) is 5.44. The molecular formula is C12H16N2O2. The first-order valence-electron chi connectivity index (χ1n) is 5.44. The Kier molecular flexibility index (Phi) is 3.10. The summed E-state index contributed by atoms with van der Waals surface area (Å²) in [6, 6.07) is 5.80. The van der Waals surface area contributed by atoms with Crippen LogP contribution in [0.3, 0.4) is 0 Å². The Morgan fingerprint density at radius 3 is 3.00 bits per heavy atom. The summed E-state index contributed by atoms with van der Waals surface area (Å²) in [6.07, 6.45) is 1.21. The fraction of sp³-hybridized carbons (Fsp3) is 0.417. The monoisotopic (exact) mass is 220 g/mol. The maximum Gasteiger partial charge on any atom is 0.221 e. The van der Waals surface area contributed by atoms with Gasteiger partial charge in [0, 0.05) is 5.92 Å². The second-order valence-electron chi connectivity index (χ2n) is 4.09. The Balaban J connectivity index is 2.28. The minimum atomic E-state index is -0.328. The normalized spacial score (nSPS) is 18.7. The van der Waals surface area contributed by atoms with Gasteiger partial charge in [0.15, 0.2) is 0 Å². The van der Waals surface area contributed by atoms with E-state index in [2.05, 4.69) is 0 Å². The van der Waals surface area contributed by atoms with Crippen LogP contribution in [0.5, 0.6) is 5.75 Å². The van der Waals surface area contributed by atoms with Crippen LogP contribution in [-0.4, -0.2) is 19.1 Å². The summed E-state index contributed by atoms with van der Waals surface area (Å²) in [7, 11) is 0. The first-order chi connectivity index (χ1) is 7.70. The molecular weight excluding hydrogens is 204 g/mol. The number of amides is 1. The Hall–Kier alpha value is -1.55. The number of rotatable bonds is 3. The predicted molar refractivity (Wildman–Crippen MR) is 61.2 cm³/mol. The summed E-state index contributed by atoms with van der Waals surface area (Å²) in [5.74, 6) is 0.887. The minimum Gasteiger partial charge on any atom is -0.493 e. The van der Waals surface area contributed by atoms with E-state index in [1.165, 1.54) is 0 Å². The van der Waals surface area contributed by atoms with E-state index in [0.29, 0.717) is 19.1 Å². The summed E-state index contributed by atoms with van der Waals surface area (Å²) < 4.78 is 5.57. The van der Waals surface area contributed by atoms with Gasteiger partial charge in [-0.15, -0.1) is 0 Å². The summed E-state index contributed by atoms with van der Waals surface area (Å²) in [5.41, 5.74) is 12.9. The van der Waals surface area contributed by atoms with E-state index in [1.54, 1.807) is 0 Å². The molecule has 0 fully saturated rings. The van der Waals surface area contributed by atoms with Gasteiger partial charge in [-0.2, -0.15) is 0 Å². The number of carbonyl (C=O) groups excluding carboxylic acids is 1. The van der Waals surface area contributed by atoms with E-state index in [1.807, 2.05) is 18.2 Å². The topological polar surface area (TPSA) is 78.3 Å². The maximum atomic E-state index is 10.8. The van der Waals surface area contributed by atoms with Gasteiger partial charge in [0.25, 0.3) is 0 Å². The molecule has 4 nitrogen and oxygen atoms in total. The molecule has 1 aliphatic heterocycles. The van der Waals surface area contributed by atoms with Crippen molar-refractivity contribution < 1.29 is 9.53 Å². The van der Waals surface area contributed by atoms with Crippen LogP contribution in [0.4, 0.5) is 0 Å². The number of fused-ring (bicyclic) bond motifs is 1. The number of hydrogen-bond acceptors (Lipinski definition) is 3. The van der Waals surface area contributed by atoms with E-state index in [0.717, 1.165) is 23.3 Å². The van der Waals surface area contributed by atoms with Gasteiger partial charge in [0.05, 0.1) is 13.0 Å². The highest BCUT2D eigenvalue weighted by molar-refractivity contribution is 5.76. The largest absolute Gasteiger partial charge is 0.493 e. The number of benzene rings is 1. The van der Waals surface area contributed by atoms with Gasteiger partial charge >= 0.3 is 0 Å². The lowest BCUT2D eigenvalue weighted by molar-refractivity contribution is -0.117. The van der Waals surface area contributed by atoms with Gasteiger partial charge in [0.1, 0.15) is 5.75 Å². The molecule has 1 heterocycles. The Morgan fingerprint density at radius 1 is 1.50 bits per heavy atom. The van der Waals surface area contributed by atoms with Crippen molar-refractivity contribution in [1.29, 1.82) is 0 Å². The molecule has 0 saturated heterocycles. The lowest BCUT2D eigenvalue weighted by Crippen LogP contribution is -2.21. The average molecular weight is 220 g/mol. The summed E-state index contributed by atoms with van der Waals surface area (Å²) in [6.45, 7) is 1.32. The second kappa shape index (κ2) is 4.53. The second-order valence-corrected chi connectivity index (χ2v) is 4.09. The van der Waals surface area contributed by atoms with Crippen LogP contribution in [0.1, 0.15) is 23.5 Å². The van der Waals surface area contributed by atoms with Crippen molar-refractivity contribution in [3.8, 4) is 5.75 Å². The van der Waals surface area contributed by atoms with Crippen LogP contribution in [0, 0.1) is 0 Å². The molecule has 1 unspecified atom stereocenters. The molecule has 1 aromatic carbocycles. The van der Waals surface area contributed by atoms with Gasteiger partial charge in [0.2, 0.25) is 5.91 Å². The third-order valence-corrected chi connectivity index (χ3v) is 2.90. The van der Waals surface area contributed by atoms with Crippen molar-refractivity contribution in [3.63, 3.8) is 0 Å². The van der Waals surface area contributed by atoms with E-state index < -0.39 is 0 Å². The SMILES string of the molecule is NCC1CCOc2cc(CC(N)=O)ccc21. The van der Waals surface area contributed by atoms with Crippen molar-refractivity contribution in [2.24, 2.45) is 11.5 Å². The standard InChI is InChI=1S/C12H16N2O2/c13-7-9-3-4-16-11-5-8(6-12(14)15)1-2-10(9)11/h1-2,5,9H,3-4,6-7,13H2,(H2,14,15). The van der Waals surface area contributed by atoms with Crippen molar-refractivity contribution in [1.82, 2.24) is 0 Å². The van der Waals surface area contributed by atoms with Crippen LogP contribution in [-0.2, 0) is 11.2 Å². The van der Waals surface area contributed by atoms with Crippen molar-refractivity contribution in [2.45, 2.75) is 18.8 Å². The van der Waals surface area contributed by atoms with Crippen molar-refractivity contribution >= 4 is 5.91 Å². The van der Waals surface area contributed by atoms with Gasteiger partial charge in [-0.05, 0) is 30.2 Å². The van der Waals surface area contributed by atoms with E-state index >= 15 is 0 Å². The molecule has 1 aromatic rings. The third kappa shape index (κ3) is 2.17. The molecule has 0 spiro atoms. The molecule has 1 aliphatic rings. The molecule has 0 saturated carbocycles. The smallest absolute Gasteiger partial charge is 0.221 e. The van der Waals surface area contributed by atoms with Gasteiger partial charge in [-0.1, -0.05) is 12.1 Å². The lowest BCUT2D eigenvalue weighted by Gasteiger charge is -2.25. The highest BCUT2D eigenvalue weighted by atomic mass is 16.5. The number of primary amides is 1. The molecule has 0 bridgehead atoms. The fourth-order valence-electron chi connectivity index (χ4n) is 2.06. The van der Waals surface area contributed by atoms with Crippen LogP contribution in [0.15, 0.2) is 18.2 Å². The average Bonchev–Trinajstić information content (AvgIpc) is 2.27. The van der Waals surface area contributed by atoms with Crippen LogP contribution in [0.2, 0.25) is 0 Å². The lowest BCUT2D eigenvalue weighted by atomic mass is 9.92. The molecule has 0 radical (unpaired) electrons. The number of hydrogen-bond donors (Lipinski definition) is 2. The predicted octanol–water partition coefficient (Wildman–Crippen LogP) is 0.539. The molecule has 4 heteroatoms. The third-order valence-electron chi connectivity index (χ3n) is 2.90. The zero-order valence-corrected chi connectivity index (χ0v) is 9.11. The first kappa shape index (κ1) is 11.0. The van der Waals surface area contributed by atoms with Gasteiger partial charge in [-0.3, -0.25) is 4.79 Å². The Bertz CT molecular complexity index is 404. The van der Waals surface area contributed by atoms with Crippen molar-refractivity contribution in [3.05, 3.63) is 29.3 Å². The molecule has 1 amide bonds. The van der Waals surface area contributed by atoms with E-state index in [-0.39, 0.29) is 12.3 Å². The summed E-state index contributed by atoms with van der Waals surface area (Å²) in [4.78, 5) is 10.8.